The molecule has 9 heteroatoms. The minimum atomic E-state index is -0.646. The molecular formula is C17H14F2N6O. The van der Waals surface area contributed by atoms with E-state index in [-0.39, 0.29) is 5.82 Å². The first-order valence-corrected chi connectivity index (χ1v) is 7.74. The van der Waals surface area contributed by atoms with Crippen LogP contribution >= 0.6 is 0 Å². The van der Waals surface area contributed by atoms with Crippen molar-refractivity contribution >= 4 is 17.2 Å². The molecule has 0 fully saturated rings. The molecule has 132 valence electrons. The van der Waals surface area contributed by atoms with Crippen LogP contribution in [-0.4, -0.2) is 31.9 Å². The number of H-pyrrole nitrogens is 1. The molecule has 1 unspecified atom stereocenters. The molecule has 4 rings (SSSR count). The van der Waals surface area contributed by atoms with Crippen molar-refractivity contribution in [3.8, 4) is 0 Å². The fourth-order valence-corrected chi connectivity index (χ4v) is 2.67. The Labute approximate surface area is 146 Å². The van der Waals surface area contributed by atoms with Gasteiger partial charge in [0.05, 0.1) is 12.4 Å². The number of ether oxygens (including phenoxy) is 1. The van der Waals surface area contributed by atoms with E-state index in [1.165, 1.54) is 36.0 Å². The highest BCUT2D eigenvalue weighted by molar-refractivity contribution is 5.72. The van der Waals surface area contributed by atoms with E-state index in [9.17, 15) is 8.78 Å². The lowest BCUT2D eigenvalue weighted by molar-refractivity contribution is 0.128. The van der Waals surface area contributed by atoms with Crippen molar-refractivity contribution in [2.24, 2.45) is 0 Å². The number of benzene rings is 1. The number of aromatic amines is 1. The zero-order chi connectivity index (χ0) is 18.1. The van der Waals surface area contributed by atoms with Crippen molar-refractivity contribution in [3.05, 3.63) is 71.8 Å². The van der Waals surface area contributed by atoms with Gasteiger partial charge < -0.3 is 10.1 Å². The second-order valence-electron chi connectivity index (χ2n) is 5.57. The Balaban J connectivity index is 1.82. The fraction of sp³-hybridized carbons (Fsp3) is 0.118. The molecule has 0 aliphatic carbocycles. The second kappa shape index (κ2) is 6.52. The number of fused-ring (bicyclic) bond motifs is 1. The zero-order valence-electron chi connectivity index (χ0n) is 13.6. The molecule has 3 heterocycles. The van der Waals surface area contributed by atoms with Crippen LogP contribution in [0.25, 0.3) is 5.52 Å². The summed E-state index contributed by atoms with van der Waals surface area (Å²) in [6.07, 6.45) is 2.18. The predicted molar refractivity (Wildman–Crippen MR) is 90.1 cm³/mol. The van der Waals surface area contributed by atoms with Crippen LogP contribution in [0.15, 0.2) is 48.8 Å². The third-order valence-electron chi connectivity index (χ3n) is 3.84. The van der Waals surface area contributed by atoms with E-state index in [2.05, 4.69) is 25.6 Å². The lowest BCUT2D eigenvalue weighted by Gasteiger charge is -2.16. The van der Waals surface area contributed by atoms with Gasteiger partial charge in [-0.15, -0.1) is 5.10 Å². The van der Waals surface area contributed by atoms with Crippen LogP contribution in [0, 0.1) is 11.6 Å². The quantitative estimate of drug-likeness (QED) is 0.574. The van der Waals surface area contributed by atoms with Gasteiger partial charge in [-0.3, -0.25) is 5.10 Å². The van der Waals surface area contributed by atoms with Gasteiger partial charge in [0.1, 0.15) is 29.1 Å². The third kappa shape index (κ3) is 3.00. The average Bonchev–Trinajstić information content (AvgIpc) is 3.26. The van der Waals surface area contributed by atoms with E-state index in [1.807, 2.05) is 0 Å². The Morgan fingerprint density at radius 2 is 1.96 bits per heavy atom. The highest BCUT2D eigenvalue weighted by atomic mass is 19.1. The van der Waals surface area contributed by atoms with Crippen molar-refractivity contribution in [3.63, 3.8) is 0 Å². The van der Waals surface area contributed by atoms with Gasteiger partial charge in [-0.2, -0.15) is 5.10 Å². The zero-order valence-corrected chi connectivity index (χ0v) is 13.6. The molecule has 0 saturated carbocycles. The summed E-state index contributed by atoms with van der Waals surface area (Å²) in [4.78, 5) is 4.48. The number of aromatic nitrogens is 5. The van der Waals surface area contributed by atoms with Gasteiger partial charge in [-0.25, -0.2) is 18.3 Å². The number of nitrogens with zero attached hydrogens (tertiary/aromatic N) is 4. The van der Waals surface area contributed by atoms with Gasteiger partial charge >= 0.3 is 0 Å². The largest absolute Gasteiger partial charge is 0.369 e. The van der Waals surface area contributed by atoms with Crippen LogP contribution in [-0.2, 0) is 4.74 Å². The molecule has 7 nitrogen and oxygen atoms in total. The minimum absolute atomic E-state index is 0.296. The summed E-state index contributed by atoms with van der Waals surface area (Å²) < 4.78 is 33.8. The molecule has 2 N–H and O–H groups in total. The number of hydrogen-bond donors (Lipinski definition) is 2. The van der Waals surface area contributed by atoms with Crippen molar-refractivity contribution < 1.29 is 13.5 Å². The van der Waals surface area contributed by atoms with E-state index in [0.29, 0.717) is 28.5 Å². The third-order valence-corrected chi connectivity index (χ3v) is 3.84. The fourth-order valence-electron chi connectivity index (χ4n) is 2.67. The van der Waals surface area contributed by atoms with Crippen molar-refractivity contribution in [1.29, 1.82) is 0 Å². The molecule has 0 amide bonds. The molecule has 0 bridgehead atoms. The van der Waals surface area contributed by atoms with E-state index < -0.39 is 11.9 Å². The Morgan fingerprint density at radius 1 is 1.15 bits per heavy atom. The maximum Gasteiger partial charge on any atom is 0.184 e. The second-order valence-corrected chi connectivity index (χ2v) is 5.57. The van der Waals surface area contributed by atoms with E-state index in [4.69, 9.17) is 4.74 Å². The monoisotopic (exact) mass is 356 g/mol. The van der Waals surface area contributed by atoms with Crippen LogP contribution in [0.4, 0.5) is 20.4 Å². The summed E-state index contributed by atoms with van der Waals surface area (Å²) in [6, 6.07) is 8.88. The smallest absolute Gasteiger partial charge is 0.184 e. The molecule has 0 aliphatic rings. The van der Waals surface area contributed by atoms with Crippen molar-refractivity contribution in [2.45, 2.75) is 6.10 Å². The van der Waals surface area contributed by atoms with Crippen LogP contribution in [0.5, 0.6) is 0 Å². The Hall–Kier alpha value is -3.33. The highest BCUT2D eigenvalue weighted by Gasteiger charge is 2.20. The van der Waals surface area contributed by atoms with Crippen LogP contribution < -0.4 is 5.32 Å². The number of methoxy groups -OCH3 is 1. The molecule has 1 aromatic carbocycles. The molecule has 4 aromatic rings. The lowest BCUT2D eigenvalue weighted by atomic mass is 10.1. The molecule has 0 aliphatic heterocycles. The number of rotatable bonds is 5. The summed E-state index contributed by atoms with van der Waals surface area (Å²) in [5, 5.41) is 14.0. The highest BCUT2D eigenvalue weighted by Crippen LogP contribution is 2.27. The van der Waals surface area contributed by atoms with Gasteiger partial charge in [0.2, 0.25) is 0 Å². The number of hydrogen-bond acceptors (Lipinski definition) is 5. The van der Waals surface area contributed by atoms with Crippen LogP contribution in [0.2, 0.25) is 0 Å². The summed E-state index contributed by atoms with van der Waals surface area (Å²) in [5.41, 5.74) is 1.13. The summed E-state index contributed by atoms with van der Waals surface area (Å²) in [5.74, 6) is 0.472. The van der Waals surface area contributed by atoms with Gasteiger partial charge in [0.25, 0.3) is 0 Å². The van der Waals surface area contributed by atoms with E-state index >= 15 is 0 Å². The molecule has 0 radical (unpaired) electrons. The Bertz CT molecular complexity index is 1030. The summed E-state index contributed by atoms with van der Waals surface area (Å²) >= 11 is 0. The number of anilines is 2. The molecule has 26 heavy (non-hydrogen) atoms. The molecule has 0 saturated heterocycles. The van der Waals surface area contributed by atoms with E-state index in [1.54, 1.807) is 24.4 Å². The average molecular weight is 356 g/mol. The number of nitrogens with one attached hydrogen (secondary N) is 2. The summed E-state index contributed by atoms with van der Waals surface area (Å²) in [7, 11) is 1.50. The first-order chi connectivity index (χ1) is 12.6. The van der Waals surface area contributed by atoms with Gasteiger partial charge in [0.15, 0.2) is 11.6 Å². The van der Waals surface area contributed by atoms with E-state index in [0.717, 1.165) is 0 Å². The van der Waals surface area contributed by atoms with Crippen molar-refractivity contribution in [2.75, 3.05) is 12.4 Å². The molecule has 3 aromatic heterocycles. The minimum Gasteiger partial charge on any atom is -0.369 e. The Morgan fingerprint density at radius 3 is 2.65 bits per heavy atom. The van der Waals surface area contributed by atoms with Crippen LogP contribution in [0.3, 0.4) is 0 Å². The Kier molecular flexibility index (Phi) is 4.05. The van der Waals surface area contributed by atoms with Gasteiger partial charge in [-0.1, -0.05) is 12.1 Å². The first kappa shape index (κ1) is 16.2. The maximum atomic E-state index is 13.8. The first-order valence-electron chi connectivity index (χ1n) is 7.74. The SMILES string of the molecule is COC(c1ccc(F)cc1)c1nc(Nc2ccn[nH]2)c2cc(F)cn2n1. The van der Waals surface area contributed by atoms with Crippen molar-refractivity contribution in [1.82, 2.24) is 24.8 Å². The summed E-state index contributed by atoms with van der Waals surface area (Å²) in [6.45, 7) is 0. The standard InChI is InChI=1S/C17H14F2N6O/c1-26-15(10-2-4-11(18)5-3-10)17-22-16(21-14-6-7-20-23-14)13-8-12(19)9-25(13)24-17/h2-9,15H,1H3,(H2,20,21,22,23,24). The molecule has 1 atom stereocenters. The van der Waals surface area contributed by atoms with Crippen LogP contribution in [0.1, 0.15) is 17.5 Å². The molecular weight excluding hydrogens is 342 g/mol. The normalized spacial score (nSPS) is 12.4. The molecule has 0 spiro atoms. The lowest BCUT2D eigenvalue weighted by Crippen LogP contribution is -2.13. The predicted octanol–water partition coefficient (Wildman–Crippen LogP) is 3.21. The van der Waals surface area contributed by atoms with Gasteiger partial charge in [-0.05, 0) is 17.7 Å². The maximum absolute atomic E-state index is 13.8. The number of halogens is 2. The van der Waals surface area contributed by atoms with Gasteiger partial charge in [0, 0.05) is 19.2 Å². The topological polar surface area (TPSA) is 80.1 Å².